The van der Waals surface area contributed by atoms with Gasteiger partial charge in [0, 0.05) is 23.1 Å². The molecule has 0 radical (unpaired) electrons. The van der Waals surface area contributed by atoms with Gasteiger partial charge < -0.3 is 10.3 Å². The van der Waals surface area contributed by atoms with Crippen LogP contribution in [-0.2, 0) is 6.54 Å². The number of rotatable bonds is 5. The van der Waals surface area contributed by atoms with E-state index >= 15 is 0 Å². The number of H-pyrrole nitrogens is 1. The minimum atomic E-state index is 0.298. The van der Waals surface area contributed by atoms with Gasteiger partial charge in [-0.05, 0) is 62.2 Å². The van der Waals surface area contributed by atoms with Crippen LogP contribution < -0.4 is 5.32 Å². The Bertz CT molecular complexity index is 1250. The Morgan fingerprint density at radius 2 is 2.06 bits per heavy atom. The molecule has 1 aliphatic rings. The highest BCUT2D eigenvalue weighted by Gasteiger charge is 2.28. The van der Waals surface area contributed by atoms with Gasteiger partial charge in [0.05, 0.1) is 23.6 Å². The summed E-state index contributed by atoms with van der Waals surface area (Å²) >= 11 is 0. The SMILES string of the molecule is Cc1c(CN2CCC[C@H]2c2cccc(Nc3ccc(C#N)nc3)n2)[nH]c2ccccc12. The first kappa shape index (κ1) is 19.3. The average molecular weight is 409 g/mol. The molecule has 0 unspecified atom stereocenters. The van der Waals surface area contributed by atoms with E-state index in [9.17, 15) is 0 Å². The lowest BCUT2D eigenvalue weighted by atomic mass is 10.1. The number of anilines is 2. The zero-order valence-corrected chi connectivity index (χ0v) is 17.5. The van der Waals surface area contributed by atoms with E-state index in [0.717, 1.165) is 36.7 Å². The molecule has 0 spiro atoms. The number of nitriles is 1. The van der Waals surface area contributed by atoms with E-state index in [1.54, 1.807) is 12.3 Å². The third kappa shape index (κ3) is 3.88. The van der Waals surface area contributed by atoms with Crippen molar-refractivity contribution in [1.82, 2.24) is 19.9 Å². The van der Waals surface area contributed by atoms with E-state index in [1.807, 2.05) is 24.3 Å². The second-order valence-electron chi connectivity index (χ2n) is 8.02. The van der Waals surface area contributed by atoms with Crippen molar-refractivity contribution in [3.8, 4) is 6.07 Å². The standard InChI is InChI=1S/C25H24N6/c1-17-20-6-2-3-7-21(20)29-23(17)16-31-13-5-9-24(31)22-8-4-10-25(30-22)28-19-12-11-18(14-26)27-15-19/h2-4,6-8,10-12,15,24,29H,5,9,13,16H2,1H3,(H,28,30)/t24-/m0/s1. The molecule has 1 saturated heterocycles. The molecule has 6 heteroatoms. The summed E-state index contributed by atoms with van der Waals surface area (Å²) in [6, 6.07) is 20.5. The number of likely N-dealkylation sites (tertiary alicyclic amines) is 1. The molecule has 4 heterocycles. The van der Waals surface area contributed by atoms with Gasteiger partial charge in [-0.1, -0.05) is 24.3 Å². The third-order valence-corrected chi connectivity index (χ3v) is 6.06. The van der Waals surface area contributed by atoms with Crippen molar-refractivity contribution in [2.45, 2.75) is 32.4 Å². The van der Waals surface area contributed by atoms with Gasteiger partial charge in [-0.15, -0.1) is 0 Å². The maximum Gasteiger partial charge on any atom is 0.140 e. The van der Waals surface area contributed by atoms with E-state index in [-0.39, 0.29) is 0 Å². The van der Waals surface area contributed by atoms with Gasteiger partial charge in [-0.2, -0.15) is 5.26 Å². The molecule has 0 amide bonds. The van der Waals surface area contributed by atoms with Crippen molar-refractivity contribution in [1.29, 1.82) is 5.26 Å². The number of pyridine rings is 2. The Hall–Kier alpha value is -3.69. The van der Waals surface area contributed by atoms with Crippen molar-refractivity contribution >= 4 is 22.4 Å². The number of benzene rings is 1. The quantitative estimate of drug-likeness (QED) is 0.473. The molecular weight excluding hydrogens is 384 g/mol. The lowest BCUT2D eigenvalue weighted by Crippen LogP contribution is -2.24. The van der Waals surface area contributed by atoms with E-state index < -0.39 is 0 Å². The molecular formula is C25H24N6. The summed E-state index contributed by atoms with van der Waals surface area (Å²) in [5.41, 5.74) is 6.12. The van der Waals surface area contributed by atoms with Crippen LogP contribution >= 0.6 is 0 Å². The van der Waals surface area contributed by atoms with Gasteiger partial charge in [0.2, 0.25) is 0 Å². The van der Waals surface area contributed by atoms with Crippen LogP contribution in [0.1, 0.15) is 41.5 Å². The fourth-order valence-corrected chi connectivity index (χ4v) is 4.44. The Labute approximate surface area is 181 Å². The Balaban J connectivity index is 1.35. The lowest BCUT2D eigenvalue weighted by Gasteiger charge is -2.24. The molecule has 1 aromatic carbocycles. The van der Waals surface area contributed by atoms with E-state index in [0.29, 0.717) is 11.7 Å². The third-order valence-electron chi connectivity index (χ3n) is 6.06. The second kappa shape index (κ2) is 8.21. The number of nitrogens with one attached hydrogen (secondary N) is 2. The normalized spacial score (nSPS) is 16.5. The maximum absolute atomic E-state index is 8.91. The van der Waals surface area contributed by atoms with Crippen LogP contribution in [0.3, 0.4) is 0 Å². The van der Waals surface area contributed by atoms with Crippen LogP contribution in [-0.4, -0.2) is 26.4 Å². The molecule has 1 aliphatic heterocycles. The molecule has 1 fully saturated rings. The number of aromatic amines is 1. The molecule has 0 saturated carbocycles. The number of nitrogens with zero attached hydrogens (tertiary/aromatic N) is 4. The fraction of sp³-hybridized carbons (Fsp3) is 0.240. The molecule has 154 valence electrons. The van der Waals surface area contributed by atoms with Gasteiger partial charge in [0.25, 0.3) is 0 Å². The van der Waals surface area contributed by atoms with Crippen molar-refractivity contribution < 1.29 is 0 Å². The number of para-hydroxylation sites is 1. The highest BCUT2D eigenvalue weighted by Crippen LogP contribution is 2.34. The molecule has 1 atom stereocenters. The highest BCUT2D eigenvalue weighted by atomic mass is 15.2. The number of aryl methyl sites for hydroxylation is 1. The van der Waals surface area contributed by atoms with Crippen molar-refractivity contribution in [2.75, 3.05) is 11.9 Å². The van der Waals surface area contributed by atoms with E-state index in [2.05, 4.69) is 57.4 Å². The Morgan fingerprint density at radius 3 is 2.87 bits per heavy atom. The fourth-order valence-electron chi connectivity index (χ4n) is 4.44. The smallest absolute Gasteiger partial charge is 0.140 e. The molecule has 2 N–H and O–H groups in total. The first-order valence-corrected chi connectivity index (χ1v) is 10.6. The van der Waals surface area contributed by atoms with E-state index in [1.165, 1.54) is 28.6 Å². The highest BCUT2D eigenvalue weighted by molar-refractivity contribution is 5.84. The molecule has 5 rings (SSSR count). The summed E-state index contributed by atoms with van der Waals surface area (Å²) in [5.74, 6) is 0.789. The second-order valence-corrected chi connectivity index (χ2v) is 8.02. The van der Waals surface area contributed by atoms with Crippen molar-refractivity contribution in [3.63, 3.8) is 0 Å². The molecule has 4 aromatic rings. The summed E-state index contributed by atoms with van der Waals surface area (Å²) in [5, 5.41) is 13.5. The maximum atomic E-state index is 8.91. The van der Waals surface area contributed by atoms with Crippen LogP contribution in [0.2, 0.25) is 0 Å². The minimum Gasteiger partial charge on any atom is -0.357 e. The van der Waals surface area contributed by atoms with Crippen LogP contribution in [0.4, 0.5) is 11.5 Å². The molecule has 0 bridgehead atoms. The van der Waals surface area contributed by atoms with Crippen LogP contribution in [0, 0.1) is 18.3 Å². The largest absolute Gasteiger partial charge is 0.357 e. The molecule has 6 nitrogen and oxygen atoms in total. The van der Waals surface area contributed by atoms with E-state index in [4.69, 9.17) is 10.2 Å². The summed E-state index contributed by atoms with van der Waals surface area (Å²) in [7, 11) is 0. The summed E-state index contributed by atoms with van der Waals surface area (Å²) in [6.07, 6.45) is 3.93. The Kier molecular flexibility index (Phi) is 5.11. The number of hydrogen-bond donors (Lipinski definition) is 2. The van der Waals surface area contributed by atoms with Gasteiger partial charge in [0.1, 0.15) is 17.6 Å². The molecule has 31 heavy (non-hydrogen) atoms. The predicted octanol–water partition coefficient (Wildman–Crippen LogP) is 5.22. The summed E-state index contributed by atoms with van der Waals surface area (Å²) in [6.45, 7) is 4.16. The number of fused-ring (bicyclic) bond motifs is 1. The zero-order chi connectivity index (χ0) is 21.2. The first-order chi connectivity index (χ1) is 15.2. The molecule has 0 aliphatic carbocycles. The predicted molar refractivity (Wildman–Crippen MR) is 122 cm³/mol. The van der Waals surface area contributed by atoms with Gasteiger partial charge in [-0.25, -0.2) is 9.97 Å². The Morgan fingerprint density at radius 1 is 1.16 bits per heavy atom. The number of aromatic nitrogens is 3. The monoisotopic (exact) mass is 408 g/mol. The van der Waals surface area contributed by atoms with Crippen LogP contribution in [0.15, 0.2) is 60.8 Å². The topological polar surface area (TPSA) is 80.6 Å². The van der Waals surface area contributed by atoms with Crippen molar-refractivity contribution in [3.05, 3.63) is 83.4 Å². The van der Waals surface area contributed by atoms with Crippen LogP contribution in [0.25, 0.3) is 10.9 Å². The van der Waals surface area contributed by atoms with Gasteiger partial charge in [0.15, 0.2) is 0 Å². The average Bonchev–Trinajstić information content (AvgIpc) is 3.39. The lowest BCUT2D eigenvalue weighted by molar-refractivity contribution is 0.242. The van der Waals surface area contributed by atoms with Crippen molar-refractivity contribution in [2.24, 2.45) is 0 Å². The van der Waals surface area contributed by atoms with Crippen LogP contribution in [0.5, 0.6) is 0 Å². The van der Waals surface area contributed by atoms with Gasteiger partial charge in [-0.3, -0.25) is 4.90 Å². The minimum absolute atomic E-state index is 0.298. The zero-order valence-electron chi connectivity index (χ0n) is 17.5. The van der Waals surface area contributed by atoms with Gasteiger partial charge >= 0.3 is 0 Å². The summed E-state index contributed by atoms with van der Waals surface area (Å²) in [4.78, 5) is 15.1. The molecule has 3 aromatic heterocycles. The first-order valence-electron chi connectivity index (χ1n) is 10.6. The summed E-state index contributed by atoms with van der Waals surface area (Å²) < 4.78 is 0. The number of hydrogen-bond acceptors (Lipinski definition) is 5.